The van der Waals surface area contributed by atoms with Crippen molar-refractivity contribution in [3.8, 4) is 0 Å². The molecule has 0 radical (unpaired) electrons. The van der Waals surface area contributed by atoms with Crippen molar-refractivity contribution >= 4 is 28.5 Å². The van der Waals surface area contributed by atoms with E-state index in [9.17, 15) is 9.59 Å². The molecule has 4 rings (SSSR count). The monoisotopic (exact) mass is 367 g/mol. The lowest BCUT2D eigenvalue weighted by atomic mass is 9.85. The van der Waals surface area contributed by atoms with Gasteiger partial charge in [0.05, 0.1) is 30.0 Å². The Balaban J connectivity index is 1.61. The molecule has 3 aromatic heterocycles. The van der Waals surface area contributed by atoms with Crippen molar-refractivity contribution < 1.29 is 9.59 Å². The van der Waals surface area contributed by atoms with Gasteiger partial charge in [-0.3, -0.25) is 19.4 Å². The van der Waals surface area contributed by atoms with Gasteiger partial charge in [-0.1, -0.05) is 0 Å². The van der Waals surface area contributed by atoms with Crippen molar-refractivity contribution in [3.05, 3.63) is 35.9 Å². The zero-order valence-electron chi connectivity index (χ0n) is 15.4. The first kappa shape index (κ1) is 17.2. The highest BCUT2D eigenvalue weighted by atomic mass is 16.2. The third kappa shape index (κ3) is 3.05. The van der Waals surface area contributed by atoms with Crippen LogP contribution in [-0.4, -0.2) is 48.7 Å². The predicted molar refractivity (Wildman–Crippen MR) is 98.7 cm³/mol. The van der Waals surface area contributed by atoms with Crippen molar-refractivity contribution in [2.24, 2.45) is 13.0 Å². The van der Waals surface area contributed by atoms with Gasteiger partial charge in [0, 0.05) is 43.4 Å². The maximum atomic E-state index is 13.0. The van der Waals surface area contributed by atoms with Gasteiger partial charge < -0.3 is 10.2 Å². The molecule has 0 bridgehead atoms. The van der Waals surface area contributed by atoms with E-state index in [1.807, 2.05) is 26.2 Å². The van der Waals surface area contributed by atoms with Crippen LogP contribution in [0.25, 0.3) is 11.0 Å². The summed E-state index contributed by atoms with van der Waals surface area (Å²) >= 11 is 0. The Morgan fingerprint density at radius 2 is 2.15 bits per heavy atom. The number of pyridine rings is 1. The number of hydrogen-bond acceptors (Lipinski definition) is 5. The van der Waals surface area contributed by atoms with Gasteiger partial charge in [-0.25, -0.2) is 4.98 Å². The van der Waals surface area contributed by atoms with Crippen LogP contribution in [0.2, 0.25) is 0 Å². The standard InChI is InChI=1S/C18H21N7O2/c1-10-14-6-12(8-19-17(14)23-22-10)21-18(27)13-4-5-15(26)25(3)16(13)11-7-20-24(2)9-11/h6-9,13,16H,4-5H2,1-3H3,(H,21,27)(H,19,22,23). The average molecular weight is 367 g/mol. The van der Waals surface area contributed by atoms with Crippen LogP contribution in [0.3, 0.4) is 0 Å². The molecule has 0 saturated carbocycles. The normalized spacial score (nSPS) is 20.3. The molecule has 2 amide bonds. The first-order valence-electron chi connectivity index (χ1n) is 8.80. The summed E-state index contributed by atoms with van der Waals surface area (Å²) in [6.07, 6.45) is 6.00. The molecular formula is C18H21N7O2. The van der Waals surface area contributed by atoms with Crippen LogP contribution >= 0.6 is 0 Å². The minimum absolute atomic E-state index is 0.0324. The number of aromatic nitrogens is 5. The summed E-state index contributed by atoms with van der Waals surface area (Å²) in [6.45, 7) is 1.91. The summed E-state index contributed by atoms with van der Waals surface area (Å²) in [5, 5.41) is 15.0. The Morgan fingerprint density at radius 3 is 2.89 bits per heavy atom. The average Bonchev–Trinajstić information content (AvgIpc) is 3.23. The van der Waals surface area contributed by atoms with Crippen molar-refractivity contribution in [2.75, 3.05) is 12.4 Å². The van der Waals surface area contributed by atoms with Gasteiger partial charge in [-0.2, -0.15) is 10.2 Å². The molecule has 140 valence electrons. The highest BCUT2D eigenvalue weighted by Gasteiger charge is 2.39. The van der Waals surface area contributed by atoms with Crippen LogP contribution in [0.5, 0.6) is 0 Å². The molecule has 2 N–H and O–H groups in total. The summed E-state index contributed by atoms with van der Waals surface area (Å²) < 4.78 is 1.68. The van der Waals surface area contributed by atoms with Gasteiger partial charge in [-0.05, 0) is 19.4 Å². The molecule has 2 atom stereocenters. The molecule has 1 aliphatic rings. The number of fused-ring (bicyclic) bond motifs is 1. The molecule has 0 spiro atoms. The number of rotatable bonds is 3. The Hall–Kier alpha value is -3.23. The molecule has 9 heteroatoms. The zero-order chi connectivity index (χ0) is 19.1. The maximum Gasteiger partial charge on any atom is 0.229 e. The number of aryl methyl sites for hydroxylation is 2. The molecule has 0 aliphatic carbocycles. The second-order valence-electron chi connectivity index (χ2n) is 6.98. The van der Waals surface area contributed by atoms with E-state index in [1.165, 1.54) is 0 Å². The molecular weight excluding hydrogens is 346 g/mol. The van der Waals surface area contributed by atoms with Crippen LogP contribution in [0.1, 0.15) is 30.1 Å². The van der Waals surface area contributed by atoms with Crippen LogP contribution < -0.4 is 5.32 Å². The smallest absolute Gasteiger partial charge is 0.229 e. The number of anilines is 1. The van der Waals surface area contributed by atoms with Crippen LogP contribution in [-0.2, 0) is 16.6 Å². The summed E-state index contributed by atoms with van der Waals surface area (Å²) in [7, 11) is 3.55. The number of nitrogens with one attached hydrogen (secondary N) is 2. The minimum Gasteiger partial charge on any atom is -0.338 e. The number of H-pyrrole nitrogens is 1. The predicted octanol–water partition coefficient (Wildman–Crippen LogP) is 1.55. The Kier molecular flexibility index (Phi) is 4.14. The molecule has 4 heterocycles. The summed E-state index contributed by atoms with van der Waals surface area (Å²) in [4.78, 5) is 31.2. The second-order valence-corrected chi connectivity index (χ2v) is 6.98. The number of likely N-dealkylation sites (tertiary alicyclic amines) is 1. The number of carbonyl (C=O) groups is 2. The molecule has 0 aromatic carbocycles. The number of nitrogens with zero attached hydrogens (tertiary/aromatic N) is 5. The quantitative estimate of drug-likeness (QED) is 0.730. The van der Waals surface area contributed by atoms with Gasteiger partial charge >= 0.3 is 0 Å². The first-order valence-corrected chi connectivity index (χ1v) is 8.80. The number of amides is 2. The van der Waals surface area contributed by atoms with E-state index in [0.29, 0.717) is 24.2 Å². The Morgan fingerprint density at radius 1 is 1.33 bits per heavy atom. The lowest BCUT2D eigenvalue weighted by Gasteiger charge is -2.37. The molecule has 1 fully saturated rings. The van der Waals surface area contributed by atoms with E-state index >= 15 is 0 Å². The van der Waals surface area contributed by atoms with Crippen LogP contribution in [0, 0.1) is 12.8 Å². The molecule has 27 heavy (non-hydrogen) atoms. The lowest BCUT2D eigenvalue weighted by molar-refractivity contribution is -0.140. The van der Waals surface area contributed by atoms with Crippen LogP contribution in [0.15, 0.2) is 24.7 Å². The van der Waals surface area contributed by atoms with E-state index < -0.39 is 0 Å². The van der Waals surface area contributed by atoms with Gasteiger partial charge in [0.1, 0.15) is 0 Å². The first-order chi connectivity index (χ1) is 12.9. The Labute approximate surface area is 155 Å². The van der Waals surface area contributed by atoms with Crippen molar-refractivity contribution in [2.45, 2.75) is 25.8 Å². The molecule has 1 aliphatic heterocycles. The number of hydrogen-bond donors (Lipinski definition) is 2. The highest BCUT2D eigenvalue weighted by molar-refractivity contribution is 5.96. The van der Waals surface area contributed by atoms with E-state index in [-0.39, 0.29) is 23.8 Å². The lowest BCUT2D eigenvalue weighted by Crippen LogP contribution is -2.44. The van der Waals surface area contributed by atoms with Gasteiger partial charge in [0.2, 0.25) is 11.8 Å². The maximum absolute atomic E-state index is 13.0. The second kappa shape index (κ2) is 6.49. The fraction of sp³-hybridized carbons (Fsp3) is 0.389. The summed E-state index contributed by atoms with van der Waals surface area (Å²) in [6, 6.07) is 1.52. The number of piperidine rings is 1. The fourth-order valence-electron chi connectivity index (χ4n) is 3.68. The third-order valence-electron chi connectivity index (χ3n) is 5.13. The van der Waals surface area contributed by atoms with E-state index in [0.717, 1.165) is 16.6 Å². The Bertz CT molecular complexity index is 1020. The minimum atomic E-state index is -0.363. The molecule has 1 saturated heterocycles. The zero-order valence-corrected chi connectivity index (χ0v) is 15.4. The molecule has 9 nitrogen and oxygen atoms in total. The van der Waals surface area contributed by atoms with Gasteiger partial charge in [-0.15, -0.1) is 0 Å². The number of aromatic amines is 1. The van der Waals surface area contributed by atoms with Crippen molar-refractivity contribution in [3.63, 3.8) is 0 Å². The van der Waals surface area contributed by atoms with Gasteiger partial charge in [0.15, 0.2) is 5.65 Å². The SMILES string of the molecule is Cc1[nH]nc2ncc(NC(=O)C3CCC(=O)N(C)C3c3cnn(C)c3)cc12. The van der Waals surface area contributed by atoms with Gasteiger partial charge in [0.25, 0.3) is 0 Å². The third-order valence-corrected chi connectivity index (χ3v) is 5.13. The van der Waals surface area contributed by atoms with E-state index in [4.69, 9.17) is 0 Å². The topological polar surface area (TPSA) is 109 Å². The van der Waals surface area contributed by atoms with Crippen LogP contribution in [0.4, 0.5) is 5.69 Å². The highest BCUT2D eigenvalue weighted by Crippen LogP contribution is 2.36. The summed E-state index contributed by atoms with van der Waals surface area (Å²) in [5.74, 6) is -0.464. The molecule has 2 unspecified atom stereocenters. The number of carbonyl (C=O) groups excluding carboxylic acids is 2. The summed E-state index contributed by atoms with van der Waals surface area (Å²) in [5.41, 5.74) is 2.97. The van der Waals surface area contributed by atoms with Crippen molar-refractivity contribution in [1.29, 1.82) is 0 Å². The largest absolute Gasteiger partial charge is 0.338 e. The van der Waals surface area contributed by atoms with E-state index in [2.05, 4.69) is 25.6 Å². The molecule has 3 aromatic rings. The fourth-order valence-corrected chi connectivity index (χ4v) is 3.68. The van der Waals surface area contributed by atoms with E-state index in [1.54, 1.807) is 29.0 Å². The van der Waals surface area contributed by atoms with Crippen molar-refractivity contribution in [1.82, 2.24) is 29.9 Å².